The molecular formula is C25H29N3O3S. The summed E-state index contributed by atoms with van der Waals surface area (Å²) in [6, 6.07) is 13.7. The molecule has 0 unspecified atom stereocenters. The summed E-state index contributed by atoms with van der Waals surface area (Å²) in [5.74, 6) is 2.33. The van der Waals surface area contributed by atoms with E-state index >= 15 is 0 Å². The summed E-state index contributed by atoms with van der Waals surface area (Å²) < 4.78 is 18.2. The molecule has 3 aromatic rings. The largest absolute Gasteiger partial charge is 0.497 e. The minimum absolute atomic E-state index is 0.544. The van der Waals surface area contributed by atoms with E-state index in [0.717, 1.165) is 50.2 Å². The van der Waals surface area contributed by atoms with Crippen molar-refractivity contribution < 1.29 is 14.2 Å². The summed E-state index contributed by atoms with van der Waals surface area (Å²) in [7, 11) is 4.98. The van der Waals surface area contributed by atoms with Crippen LogP contribution in [-0.4, -0.2) is 38.3 Å². The van der Waals surface area contributed by atoms with Gasteiger partial charge >= 0.3 is 0 Å². The topological polar surface area (TPSA) is 57.3 Å². The average molecular weight is 452 g/mol. The fourth-order valence-corrected chi connectivity index (χ4v) is 3.97. The predicted octanol–water partition coefficient (Wildman–Crippen LogP) is 5.19. The summed E-state index contributed by atoms with van der Waals surface area (Å²) in [5, 5.41) is 6.98. The summed E-state index contributed by atoms with van der Waals surface area (Å²) in [4.78, 5) is 5.51. The molecule has 3 rings (SSSR count). The van der Waals surface area contributed by atoms with E-state index in [2.05, 4.69) is 18.7 Å². The van der Waals surface area contributed by atoms with Crippen molar-refractivity contribution in [1.82, 2.24) is 4.68 Å². The number of hydrogen-bond acceptors (Lipinski definition) is 6. The van der Waals surface area contributed by atoms with E-state index in [4.69, 9.17) is 24.3 Å². The van der Waals surface area contributed by atoms with Crippen LogP contribution < -0.4 is 19.0 Å². The molecule has 0 atom stereocenters. The number of ether oxygens (including phenoxy) is 3. The van der Waals surface area contributed by atoms with Crippen molar-refractivity contribution in [2.24, 2.45) is 10.1 Å². The summed E-state index contributed by atoms with van der Waals surface area (Å²) in [6.07, 6.45) is 0.710. The molecule has 0 saturated carbocycles. The smallest absolute Gasteiger partial charge is 0.206 e. The zero-order valence-electron chi connectivity index (χ0n) is 19.2. The lowest BCUT2D eigenvalue weighted by molar-refractivity contribution is 0.404. The second kappa shape index (κ2) is 10.8. The summed E-state index contributed by atoms with van der Waals surface area (Å²) in [6.45, 7) is 8.49. The van der Waals surface area contributed by atoms with Crippen LogP contribution in [-0.2, 0) is 6.42 Å². The highest BCUT2D eigenvalue weighted by Gasteiger charge is 2.14. The molecule has 6 nitrogen and oxygen atoms in total. The first-order valence-electron chi connectivity index (χ1n) is 10.2. The summed E-state index contributed by atoms with van der Waals surface area (Å²) in [5.41, 5.74) is 4.88. The fourth-order valence-electron chi connectivity index (χ4n) is 3.15. The number of nitrogens with zero attached hydrogens (tertiary/aromatic N) is 3. The van der Waals surface area contributed by atoms with Crippen molar-refractivity contribution in [3.05, 3.63) is 70.4 Å². The van der Waals surface area contributed by atoms with E-state index in [1.165, 1.54) is 11.3 Å². The number of thiazole rings is 1. The van der Waals surface area contributed by atoms with Gasteiger partial charge in [0.1, 0.15) is 17.2 Å². The third kappa shape index (κ3) is 5.68. The van der Waals surface area contributed by atoms with Crippen LogP contribution in [0.4, 0.5) is 0 Å². The monoisotopic (exact) mass is 451 g/mol. The van der Waals surface area contributed by atoms with E-state index in [1.807, 2.05) is 54.2 Å². The van der Waals surface area contributed by atoms with Gasteiger partial charge in [0.05, 0.1) is 33.6 Å². The molecule has 2 aromatic carbocycles. The molecule has 0 radical (unpaired) electrons. The molecule has 0 saturated heterocycles. The van der Waals surface area contributed by atoms with Crippen LogP contribution in [0.15, 0.2) is 70.1 Å². The zero-order chi connectivity index (χ0) is 23.1. The molecular weight excluding hydrogens is 422 g/mol. The van der Waals surface area contributed by atoms with Crippen LogP contribution >= 0.6 is 11.3 Å². The molecule has 1 aromatic heterocycles. The van der Waals surface area contributed by atoms with Crippen LogP contribution in [0, 0.1) is 0 Å². The lowest BCUT2D eigenvalue weighted by Crippen LogP contribution is -2.15. The molecule has 7 heteroatoms. The van der Waals surface area contributed by atoms with E-state index in [9.17, 15) is 0 Å². The Hall–Kier alpha value is -3.32. The molecule has 0 aliphatic rings. The van der Waals surface area contributed by atoms with E-state index in [-0.39, 0.29) is 0 Å². The quantitative estimate of drug-likeness (QED) is 0.332. The van der Waals surface area contributed by atoms with Gasteiger partial charge in [0.25, 0.3) is 0 Å². The van der Waals surface area contributed by atoms with Crippen LogP contribution in [0.5, 0.6) is 17.2 Å². The fraction of sp³-hybridized carbons (Fsp3) is 0.280. The predicted molar refractivity (Wildman–Crippen MR) is 131 cm³/mol. The Morgan fingerprint density at radius 1 is 0.969 bits per heavy atom. The minimum atomic E-state index is 0.544. The first kappa shape index (κ1) is 23.3. The highest BCUT2D eigenvalue weighted by Crippen LogP contribution is 2.33. The second-order valence-electron chi connectivity index (χ2n) is 7.41. The first-order chi connectivity index (χ1) is 15.4. The van der Waals surface area contributed by atoms with E-state index < -0.39 is 0 Å². The van der Waals surface area contributed by atoms with Gasteiger partial charge in [-0.25, -0.2) is 4.68 Å². The van der Waals surface area contributed by atoms with Crippen molar-refractivity contribution in [1.29, 1.82) is 0 Å². The zero-order valence-corrected chi connectivity index (χ0v) is 20.0. The highest BCUT2D eigenvalue weighted by molar-refractivity contribution is 7.07. The van der Waals surface area contributed by atoms with Gasteiger partial charge in [-0.05, 0) is 49.7 Å². The molecule has 0 fully saturated rings. The van der Waals surface area contributed by atoms with Crippen molar-refractivity contribution in [2.75, 3.05) is 27.9 Å². The van der Waals surface area contributed by atoms with Crippen molar-refractivity contribution >= 4 is 17.0 Å². The van der Waals surface area contributed by atoms with Gasteiger partial charge in [0, 0.05) is 23.1 Å². The SMILES string of the molecule is C=C(C)CN=c1scc(-c2cc(OC)ccc2OC)n1N=C(C)Cc1ccc(OC)cc1. The highest BCUT2D eigenvalue weighted by atomic mass is 32.1. The van der Waals surface area contributed by atoms with Crippen molar-refractivity contribution in [3.63, 3.8) is 0 Å². The molecule has 1 heterocycles. The standard InChI is InChI=1S/C25H29N3O3S/c1-17(2)15-26-25-28(27-18(3)13-19-7-9-20(29-4)10-8-19)23(16-32-25)22-14-21(30-5)11-12-24(22)31-6/h7-12,14,16H,1,13,15H2,2-6H3. The Bertz CT molecular complexity index is 1170. The van der Waals surface area contributed by atoms with Crippen molar-refractivity contribution in [2.45, 2.75) is 20.3 Å². The second-order valence-corrected chi connectivity index (χ2v) is 8.25. The van der Waals surface area contributed by atoms with Gasteiger partial charge in [0.15, 0.2) is 0 Å². The Morgan fingerprint density at radius 2 is 1.66 bits per heavy atom. The molecule has 0 bridgehead atoms. The third-order valence-corrected chi connectivity index (χ3v) is 5.60. The molecule has 168 valence electrons. The van der Waals surface area contributed by atoms with Gasteiger partial charge in [0.2, 0.25) is 4.80 Å². The lowest BCUT2D eigenvalue weighted by atomic mass is 10.1. The number of hydrogen-bond donors (Lipinski definition) is 0. The molecule has 0 spiro atoms. The number of benzene rings is 2. The molecule has 32 heavy (non-hydrogen) atoms. The van der Waals surface area contributed by atoms with Crippen LogP contribution in [0.1, 0.15) is 19.4 Å². The van der Waals surface area contributed by atoms with Crippen molar-refractivity contribution in [3.8, 4) is 28.5 Å². The van der Waals surface area contributed by atoms with Gasteiger partial charge < -0.3 is 14.2 Å². The Morgan fingerprint density at radius 3 is 2.28 bits per heavy atom. The van der Waals surface area contributed by atoms with Crippen LogP contribution in [0.25, 0.3) is 11.3 Å². The number of aromatic nitrogens is 1. The van der Waals surface area contributed by atoms with Gasteiger partial charge in [-0.3, -0.25) is 4.99 Å². The lowest BCUT2D eigenvalue weighted by Gasteiger charge is -2.12. The minimum Gasteiger partial charge on any atom is -0.497 e. The molecule has 0 aliphatic heterocycles. The van der Waals surface area contributed by atoms with E-state index in [1.54, 1.807) is 21.3 Å². The van der Waals surface area contributed by atoms with Gasteiger partial charge in [-0.1, -0.05) is 24.3 Å². The van der Waals surface area contributed by atoms with Gasteiger partial charge in [-0.2, -0.15) is 5.10 Å². The Kier molecular flexibility index (Phi) is 7.89. The molecule has 0 amide bonds. The van der Waals surface area contributed by atoms with Crippen LogP contribution in [0.2, 0.25) is 0 Å². The molecule has 0 aliphatic carbocycles. The Labute approximate surface area is 193 Å². The third-order valence-electron chi connectivity index (χ3n) is 4.74. The Balaban J connectivity index is 2.08. The maximum atomic E-state index is 5.61. The summed E-state index contributed by atoms with van der Waals surface area (Å²) >= 11 is 1.53. The normalized spacial score (nSPS) is 12.0. The van der Waals surface area contributed by atoms with Crippen LogP contribution in [0.3, 0.4) is 0 Å². The van der Waals surface area contributed by atoms with E-state index in [0.29, 0.717) is 13.0 Å². The number of methoxy groups -OCH3 is 3. The maximum absolute atomic E-state index is 5.61. The first-order valence-corrected chi connectivity index (χ1v) is 11.1. The maximum Gasteiger partial charge on any atom is 0.206 e. The molecule has 0 N–H and O–H groups in total. The number of rotatable bonds is 9. The average Bonchev–Trinajstić information content (AvgIpc) is 3.19. The van der Waals surface area contributed by atoms with Gasteiger partial charge in [-0.15, -0.1) is 11.3 Å².